The minimum atomic E-state index is -0.492. The fourth-order valence-corrected chi connectivity index (χ4v) is 1.79. The van der Waals surface area contributed by atoms with Crippen LogP contribution in [0.4, 0.5) is 0 Å². The maximum absolute atomic E-state index is 11.9. The zero-order chi connectivity index (χ0) is 15.8. The molecule has 1 aromatic rings. The van der Waals surface area contributed by atoms with Crippen molar-refractivity contribution in [2.24, 2.45) is 11.7 Å². The number of carbonyl (C=O) groups excluding carboxylic acids is 2. The van der Waals surface area contributed by atoms with Gasteiger partial charge in [-0.2, -0.15) is 0 Å². The number of nitrogens with one attached hydrogen (secondary N) is 1. The lowest BCUT2D eigenvalue weighted by molar-refractivity contribution is -0.123. The molecule has 0 aliphatic carbocycles. The third-order valence-corrected chi connectivity index (χ3v) is 3.49. The smallest absolute Gasteiger partial charge is 0.338 e. The van der Waals surface area contributed by atoms with Gasteiger partial charge in [0.1, 0.15) is 0 Å². The van der Waals surface area contributed by atoms with Gasteiger partial charge in [0, 0.05) is 6.54 Å². The van der Waals surface area contributed by atoms with Crippen molar-refractivity contribution in [1.29, 1.82) is 0 Å². The van der Waals surface area contributed by atoms with Crippen LogP contribution in [0.3, 0.4) is 0 Å². The van der Waals surface area contributed by atoms with Gasteiger partial charge >= 0.3 is 5.97 Å². The summed E-state index contributed by atoms with van der Waals surface area (Å²) in [4.78, 5) is 23.4. The summed E-state index contributed by atoms with van der Waals surface area (Å²) < 4.78 is 4.91. The first-order valence-corrected chi connectivity index (χ1v) is 7.28. The van der Waals surface area contributed by atoms with Crippen molar-refractivity contribution >= 4 is 24.3 Å². The van der Waals surface area contributed by atoms with E-state index in [1.807, 2.05) is 13.8 Å². The number of nitrogens with two attached hydrogens (primary N) is 1. The zero-order valence-electron chi connectivity index (χ0n) is 13.3. The van der Waals surface area contributed by atoms with Gasteiger partial charge in [0.2, 0.25) is 5.91 Å². The Morgan fingerprint density at radius 3 is 2.32 bits per heavy atom. The van der Waals surface area contributed by atoms with Gasteiger partial charge in [-0.05, 0) is 30.5 Å². The molecule has 0 radical (unpaired) electrons. The Bertz CT molecular complexity index is 477. The molecule has 0 heterocycles. The van der Waals surface area contributed by atoms with Gasteiger partial charge in [-0.1, -0.05) is 32.4 Å². The molecule has 3 N–H and O–H groups in total. The van der Waals surface area contributed by atoms with Crippen LogP contribution in [0, 0.1) is 5.92 Å². The van der Waals surface area contributed by atoms with Crippen LogP contribution in [0.15, 0.2) is 24.3 Å². The highest BCUT2D eigenvalue weighted by molar-refractivity contribution is 5.89. The molecule has 0 fully saturated rings. The van der Waals surface area contributed by atoms with Crippen molar-refractivity contribution in [3.05, 3.63) is 35.4 Å². The first-order valence-electron chi connectivity index (χ1n) is 7.28. The predicted molar refractivity (Wildman–Crippen MR) is 88.9 cm³/mol. The van der Waals surface area contributed by atoms with Gasteiger partial charge in [-0.3, -0.25) is 4.79 Å². The third-order valence-electron chi connectivity index (χ3n) is 3.49. The van der Waals surface area contributed by atoms with E-state index >= 15 is 0 Å². The van der Waals surface area contributed by atoms with E-state index in [4.69, 9.17) is 10.5 Å². The number of carbonyl (C=O) groups is 2. The number of halogens is 1. The lowest BCUT2D eigenvalue weighted by Gasteiger charge is -2.17. The highest BCUT2D eigenvalue weighted by Crippen LogP contribution is 2.08. The molecule has 1 amide bonds. The molecule has 5 nitrogen and oxygen atoms in total. The van der Waals surface area contributed by atoms with Gasteiger partial charge in [-0.25, -0.2) is 4.79 Å². The molecule has 2 unspecified atom stereocenters. The molecule has 2 atom stereocenters. The highest BCUT2D eigenvalue weighted by atomic mass is 35.5. The van der Waals surface area contributed by atoms with Gasteiger partial charge in [0.15, 0.2) is 0 Å². The normalized spacial score (nSPS) is 12.7. The van der Waals surface area contributed by atoms with Crippen LogP contribution in [0.25, 0.3) is 0 Å². The molecule has 0 aliphatic heterocycles. The number of hydrogen-bond donors (Lipinski definition) is 2. The maximum Gasteiger partial charge on any atom is 0.338 e. The van der Waals surface area contributed by atoms with Crippen molar-refractivity contribution in [2.75, 3.05) is 6.61 Å². The summed E-state index contributed by atoms with van der Waals surface area (Å²) in [6.07, 6.45) is 0.864. The standard InChI is InChI=1S/C16H24N2O3.ClH/c1-4-11(3)14(17)15(19)18-10-12-6-8-13(9-7-12)16(20)21-5-2;/h6-9,11,14H,4-5,10,17H2,1-3H3,(H,18,19);1H. The van der Waals surface area contributed by atoms with Crippen LogP contribution in [0.1, 0.15) is 43.1 Å². The number of amides is 1. The van der Waals surface area contributed by atoms with Crippen LogP contribution in [0.5, 0.6) is 0 Å². The molecule has 0 aliphatic rings. The largest absolute Gasteiger partial charge is 0.462 e. The van der Waals surface area contributed by atoms with E-state index in [1.54, 1.807) is 31.2 Å². The van der Waals surface area contributed by atoms with E-state index in [-0.39, 0.29) is 30.2 Å². The van der Waals surface area contributed by atoms with E-state index in [1.165, 1.54) is 0 Å². The number of rotatable bonds is 7. The monoisotopic (exact) mass is 328 g/mol. The highest BCUT2D eigenvalue weighted by Gasteiger charge is 2.18. The Balaban J connectivity index is 0.00000441. The SMILES string of the molecule is CCOC(=O)c1ccc(CNC(=O)C(N)C(C)CC)cc1.Cl. The van der Waals surface area contributed by atoms with Crippen molar-refractivity contribution in [1.82, 2.24) is 5.32 Å². The van der Waals surface area contributed by atoms with Crippen molar-refractivity contribution in [3.63, 3.8) is 0 Å². The second kappa shape index (κ2) is 10.2. The van der Waals surface area contributed by atoms with Gasteiger partial charge in [0.05, 0.1) is 18.2 Å². The van der Waals surface area contributed by atoms with Crippen molar-refractivity contribution in [2.45, 2.75) is 39.8 Å². The molecule has 22 heavy (non-hydrogen) atoms. The molecular formula is C16H25ClN2O3. The Morgan fingerprint density at radius 2 is 1.82 bits per heavy atom. The van der Waals surface area contributed by atoms with Crippen LogP contribution in [-0.4, -0.2) is 24.5 Å². The fraction of sp³-hybridized carbons (Fsp3) is 0.500. The Kier molecular flexibility index (Phi) is 9.45. The van der Waals surface area contributed by atoms with Crippen LogP contribution < -0.4 is 11.1 Å². The zero-order valence-corrected chi connectivity index (χ0v) is 14.1. The summed E-state index contributed by atoms with van der Waals surface area (Å²) in [5.74, 6) is -0.345. The summed E-state index contributed by atoms with van der Waals surface area (Å²) in [6, 6.07) is 6.47. The van der Waals surface area contributed by atoms with E-state index < -0.39 is 6.04 Å². The minimum Gasteiger partial charge on any atom is -0.462 e. The Hall–Kier alpha value is -1.59. The van der Waals surface area contributed by atoms with E-state index in [9.17, 15) is 9.59 Å². The number of ether oxygens (including phenoxy) is 1. The van der Waals surface area contributed by atoms with Crippen molar-refractivity contribution in [3.8, 4) is 0 Å². The molecule has 1 aromatic carbocycles. The molecule has 0 spiro atoms. The van der Waals surface area contributed by atoms with Crippen LogP contribution >= 0.6 is 12.4 Å². The third kappa shape index (κ3) is 6.03. The molecular weight excluding hydrogens is 304 g/mol. The molecule has 0 aromatic heterocycles. The van der Waals surface area contributed by atoms with Crippen LogP contribution in [-0.2, 0) is 16.1 Å². The molecule has 0 saturated carbocycles. The average Bonchev–Trinajstić information content (AvgIpc) is 2.51. The van der Waals surface area contributed by atoms with E-state index in [0.717, 1.165) is 12.0 Å². The molecule has 0 saturated heterocycles. The van der Waals surface area contributed by atoms with E-state index in [0.29, 0.717) is 18.7 Å². The molecule has 6 heteroatoms. The topological polar surface area (TPSA) is 81.4 Å². The summed E-state index contributed by atoms with van der Waals surface area (Å²) in [7, 11) is 0. The fourth-order valence-electron chi connectivity index (χ4n) is 1.79. The number of hydrogen-bond acceptors (Lipinski definition) is 4. The van der Waals surface area contributed by atoms with E-state index in [2.05, 4.69) is 5.32 Å². The maximum atomic E-state index is 11.9. The lowest BCUT2D eigenvalue weighted by atomic mass is 9.99. The Morgan fingerprint density at radius 1 is 1.23 bits per heavy atom. The second-order valence-corrected chi connectivity index (χ2v) is 5.05. The summed E-state index contributed by atoms with van der Waals surface area (Å²) in [6.45, 7) is 6.48. The first-order chi connectivity index (χ1) is 9.99. The summed E-state index contributed by atoms with van der Waals surface area (Å²) in [5.41, 5.74) is 7.27. The first kappa shape index (κ1) is 20.4. The van der Waals surface area contributed by atoms with Crippen LogP contribution in [0.2, 0.25) is 0 Å². The Labute approximate surface area is 138 Å². The number of esters is 1. The van der Waals surface area contributed by atoms with Gasteiger partial charge < -0.3 is 15.8 Å². The van der Waals surface area contributed by atoms with Gasteiger partial charge in [-0.15, -0.1) is 12.4 Å². The lowest BCUT2D eigenvalue weighted by Crippen LogP contribution is -2.44. The average molecular weight is 329 g/mol. The number of benzene rings is 1. The predicted octanol–water partition coefficient (Wildman–Crippen LogP) is 2.27. The quantitative estimate of drug-likeness (QED) is 0.752. The second-order valence-electron chi connectivity index (χ2n) is 5.05. The molecule has 1 rings (SSSR count). The summed E-state index contributed by atoms with van der Waals surface area (Å²) in [5, 5.41) is 2.81. The van der Waals surface area contributed by atoms with Gasteiger partial charge in [0.25, 0.3) is 0 Å². The minimum absolute atomic E-state index is 0. The summed E-state index contributed by atoms with van der Waals surface area (Å²) >= 11 is 0. The molecule has 0 bridgehead atoms. The molecule has 124 valence electrons. The van der Waals surface area contributed by atoms with Crippen molar-refractivity contribution < 1.29 is 14.3 Å².